The minimum absolute atomic E-state index is 0.127. The Bertz CT molecular complexity index is 1320. The van der Waals surface area contributed by atoms with E-state index >= 15 is 0 Å². The molecule has 0 radical (unpaired) electrons. The van der Waals surface area contributed by atoms with E-state index < -0.39 is 15.9 Å². The van der Waals surface area contributed by atoms with Gasteiger partial charge in [0, 0.05) is 18.7 Å². The van der Waals surface area contributed by atoms with Crippen LogP contribution in [0.2, 0.25) is 0 Å². The van der Waals surface area contributed by atoms with Crippen LogP contribution >= 0.6 is 22.7 Å². The Morgan fingerprint density at radius 2 is 1.82 bits per heavy atom. The number of amides is 1. The second-order valence-corrected chi connectivity index (χ2v) is 11.9. The first-order chi connectivity index (χ1) is 16.1. The molecular formula is C22H25N3O6S3. The lowest BCUT2D eigenvalue weighted by Crippen LogP contribution is -2.48. The molecule has 1 amide bonds. The number of rotatable bonds is 6. The number of aromatic nitrogens is 1. The number of hydrogen-bond acceptors (Lipinski definition) is 9. The van der Waals surface area contributed by atoms with E-state index in [0.29, 0.717) is 27.0 Å². The number of morpholine rings is 1. The summed E-state index contributed by atoms with van der Waals surface area (Å²) in [6.07, 6.45) is -0.373. The Labute approximate surface area is 205 Å². The quantitative estimate of drug-likeness (QED) is 0.488. The van der Waals surface area contributed by atoms with E-state index in [1.165, 1.54) is 51.2 Å². The highest BCUT2D eigenvalue weighted by molar-refractivity contribution is 7.89. The molecule has 34 heavy (non-hydrogen) atoms. The smallest absolute Gasteiger partial charge is 0.348 e. The molecule has 1 saturated heterocycles. The molecule has 4 rings (SSSR count). The maximum atomic E-state index is 13.0. The van der Waals surface area contributed by atoms with Crippen molar-refractivity contribution in [3.05, 3.63) is 40.3 Å². The van der Waals surface area contributed by atoms with Crippen molar-refractivity contribution in [3.8, 4) is 0 Å². The molecule has 182 valence electrons. The molecular weight excluding hydrogens is 498 g/mol. The van der Waals surface area contributed by atoms with Gasteiger partial charge in [0.1, 0.15) is 9.71 Å². The summed E-state index contributed by atoms with van der Waals surface area (Å²) in [6.45, 7) is 8.12. The standard InChI is InChI=1S/C22H25N3O6S3/c1-5-30-21(27)18-14(4)17-20(32-18)24-22(33-17)23-19(26)15-6-8-16(9-7-15)34(28,29)25-10-12(2)31-13(3)11-25/h6-9,12-13H,5,10-11H2,1-4H3,(H,23,24,26)/t12-,13-/m1/s1. The maximum Gasteiger partial charge on any atom is 0.348 e. The molecule has 1 aromatic carbocycles. The van der Waals surface area contributed by atoms with Gasteiger partial charge in [-0.05, 0) is 57.5 Å². The van der Waals surface area contributed by atoms with Crippen LogP contribution in [0.3, 0.4) is 0 Å². The number of hydrogen-bond donors (Lipinski definition) is 1. The zero-order valence-electron chi connectivity index (χ0n) is 19.2. The van der Waals surface area contributed by atoms with Gasteiger partial charge in [-0.2, -0.15) is 4.31 Å². The third-order valence-corrected chi connectivity index (χ3v) is 9.53. The van der Waals surface area contributed by atoms with E-state index in [1.807, 2.05) is 20.8 Å². The molecule has 1 fully saturated rings. The predicted molar refractivity (Wildman–Crippen MR) is 131 cm³/mol. The average Bonchev–Trinajstić information content (AvgIpc) is 3.31. The number of carbonyl (C=O) groups excluding carboxylic acids is 2. The Hall–Kier alpha value is -2.38. The van der Waals surface area contributed by atoms with Gasteiger partial charge in [-0.25, -0.2) is 18.2 Å². The first-order valence-electron chi connectivity index (χ1n) is 10.7. The van der Waals surface area contributed by atoms with Crippen molar-refractivity contribution in [1.82, 2.24) is 9.29 Å². The zero-order valence-corrected chi connectivity index (χ0v) is 21.6. The van der Waals surface area contributed by atoms with E-state index in [2.05, 4.69) is 10.3 Å². The van der Waals surface area contributed by atoms with Crippen LogP contribution in [-0.2, 0) is 19.5 Å². The van der Waals surface area contributed by atoms with Crippen LogP contribution in [0.5, 0.6) is 0 Å². The molecule has 0 aliphatic carbocycles. The van der Waals surface area contributed by atoms with Gasteiger partial charge in [0.25, 0.3) is 5.91 Å². The zero-order chi connectivity index (χ0) is 24.6. The minimum Gasteiger partial charge on any atom is -0.462 e. The number of nitrogens with one attached hydrogen (secondary N) is 1. The van der Waals surface area contributed by atoms with Gasteiger partial charge in [-0.1, -0.05) is 11.3 Å². The van der Waals surface area contributed by atoms with Gasteiger partial charge in [-0.15, -0.1) is 11.3 Å². The lowest BCUT2D eigenvalue weighted by atomic mass is 10.2. The topological polar surface area (TPSA) is 115 Å². The number of ether oxygens (including phenoxy) is 2. The van der Waals surface area contributed by atoms with E-state index in [0.717, 1.165) is 10.3 Å². The van der Waals surface area contributed by atoms with E-state index in [-0.39, 0.29) is 36.2 Å². The minimum atomic E-state index is -3.68. The molecule has 12 heteroatoms. The van der Waals surface area contributed by atoms with Crippen molar-refractivity contribution in [1.29, 1.82) is 0 Å². The van der Waals surface area contributed by atoms with Crippen molar-refractivity contribution in [2.75, 3.05) is 25.0 Å². The molecule has 3 aromatic rings. The van der Waals surface area contributed by atoms with Crippen molar-refractivity contribution < 1.29 is 27.5 Å². The molecule has 2 atom stereocenters. The summed E-state index contributed by atoms with van der Waals surface area (Å²) < 4.78 is 38.9. The van der Waals surface area contributed by atoms with E-state index in [9.17, 15) is 18.0 Å². The Morgan fingerprint density at radius 1 is 1.18 bits per heavy atom. The number of anilines is 1. The van der Waals surface area contributed by atoms with Gasteiger partial charge in [0.2, 0.25) is 10.0 Å². The van der Waals surface area contributed by atoms with Crippen LogP contribution in [0, 0.1) is 6.92 Å². The van der Waals surface area contributed by atoms with Gasteiger partial charge in [-0.3, -0.25) is 10.1 Å². The van der Waals surface area contributed by atoms with Gasteiger partial charge < -0.3 is 9.47 Å². The van der Waals surface area contributed by atoms with E-state index in [4.69, 9.17) is 9.47 Å². The van der Waals surface area contributed by atoms with Crippen LogP contribution in [0.25, 0.3) is 9.53 Å². The molecule has 0 saturated carbocycles. The number of benzene rings is 1. The SMILES string of the molecule is CCOC(=O)c1sc2nc(NC(=O)c3ccc(S(=O)(=O)N4C[C@@H](C)O[C@H](C)C4)cc3)sc2c1C. The summed E-state index contributed by atoms with van der Waals surface area (Å²) in [7, 11) is -3.68. The molecule has 0 bridgehead atoms. The highest BCUT2D eigenvalue weighted by Gasteiger charge is 2.32. The van der Waals surface area contributed by atoms with Crippen LogP contribution < -0.4 is 5.32 Å². The number of fused-ring (bicyclic) bond motifs is 1. The van der Waals surface area contributed by atoms with Crippen molar-refractivity contribution in [3.63, 3.8) is 0 Å². The largest absolute Gasteiger partial charge is 0.462 e. The number of aryl methyl sites for hydroxylation is 1. The maximum absolute atomic E-state index is 13.0. The normalized spacial score (nSPS) is 19.3. The second kappa shape index (κ2) is 9.70. The molecule has 0 spiro atoms. The lowest BCUT2D eigenvalue weighted by Gasteiger charge is -2.34. The molecule has 1 aliphatic rings. The Morgan fingerprint density at radius 3 is 2.41 bits per heavy atom. The first kappa shape index (κ1) is 24.7. The van der Waals surface area contributed by atoms with Gasteiger partial charge in [0.05, 0.1) is 28.4 Å². The summed E-state index contributed by atoms with van der Waals surface area (Å²) in [5.41, 5.74) is 1.09. The number of thiazole rings is 1. The molecule has 2 aromatic heterocycles. The Balaban J connectivity index is 1.48. The van der Waals surface area contributed by atoms with Crippen molar-refractivity contribution in [2.24, 2.45) is 0 Å². The van der Waals surface area contributed by atoms with Crippen LogP contribution in [-0.4, -0.2) is 61.5 Å². The summed E-state index contributed by atoms with van der Waals surface area (Å²) >= 11 is 2.50. The third-order valence-electron chi connectivity index (χ3n) is 5.30. The third kappa shape index (κ3) is 4.86. The molecule has 3 heterocycles. The van der Waals surface area contributed by atoms with Gasteiger partial charge in [0.15, 0.2) is 5.13 Å². The summed E-state index contributed by atoms with van der Waals surface area (Å²) in [4.78, 5) is 30.5. The lowest BCUT2D eigenvalue weighted by molar-refractivity contribution is -0.0440. The van der Waals surface area contributed by atoms with Crippen LogP contribution in [0.15, 0.2) is 29.2 Å². The number of esters is 1. The fourth-order valence-electron chi connectivity index (χ4n) is 3.76. The summed E-state index contributed by atoms with van der Waals surface area (Å²) in [5.74, 6) is -0.779. The average molecular weight is 524 g/mol. The highest BCUT2D eigenvalue weighted by Crippen LogP contribution is 2.37. The first-order valence-corrected chi connectivity index (χ1v) is 13.8. The monoisotopic (exact) mass is 523 g/mol. The molecule has 9 nitrogen and oxygen atoms in total. The second-order valence-electron chi connectivity index (χ2n) is 7.99. The fourth-order valence-corrected chi connectivity index (χ4v) is 7.56. The molecule has 1 aliphatic heterocycles. The summed E-state index contributed by atoms with van der Waals surface area (Å²) in [5, 5.41) is 3.15. The molecule has 0 unspecified atom stereocenters. The van der Waals surface area contributed by atoms with Crippen molar-refractivity contribution >= 4 is 59.2 Å². The molecule has 1 N–H and O–H groups in total. The summed E-state index contributed by atoms with van der Waals surface area (Å²) in [6, 6.07) is 5.83. The predicted octanol–water partition coefficient (Wildman–Crippen LogP) is 3.89. The highest BCUT2D eigenvalue weighted by atomic mass is 32.2. The van der Waals surface area contributed by atoms with Crippen LogP contribution in [0.4, 0.5) is 5.13 Å². The fraction of sp³-hybridized carbons (Fsp3) is 0.409. The van der Waals surface area contributed by atoms with E-state index in [1.54, 1.807) is 6.92 Å². The van der Waals surface area contributed by atoms with Gasteiger partial charge >= 0.3 is 5.97 Å². The Kier molecular flexibility index (Phi) is 7.06. The van der Waals surface area contributed by atoms with Crippen LogP contribution in [0.1, 0.15) is 46.4 Å². The van der Waals surface area contributed by atoms with Crippen molar-refractivity contribution in [2.45, 2.75) is 44.8 Å². The number of thiophene rings is 1. The number of nitrogens with zero attached hydrogens (tertiary/aromatic N) is 2. The number of carbonyl (C=O) groups is 2. The number of sulfonamides is 1.